The van der Waals surface area contributed by atoms with Crippen LogP contribution in [0.25, 0.3) is 0 Å². The Morgan fingerprint density at radius 1 is 1.31 bits per heavy atom. The molecule has 3 rings (SSSR count). The average molecular weight is 382 g/mol. The predicted molar refractivity (Wildman–Crippen MR) is 104 cm³/mol. The van der Waals surface area contributed by atoms with Gasteiger partial charge in [0.05, 0.1) is 12.0 Å². The van der Waals surface area contributed by atoms with Gasteiger partial charge in [-0.2, -0.15) is 0 Å². The van der Waals surface area contributed by atoms with Crippen molar-refractivity contribution in [1.29, 1.82) is 0 Å². The molecule has 2 unspecified atom stereocenters. The van der Waals surface area contributed by atoms with Crippen molar-refractivity contribution < 1.29 is 14.3 Å². The first-order valence-electron chi connectivity index (χ1n) is 8.96. The second kappa shape index (κ2) is 8.84. The molecule has 2 aliphatic heterocycles. The lowest BCUT2D eigenvalue weighted by Crippen LogP contribution is -2.53. The molecule has 0 spiro atoms. The fourth-order valence-electron chi connectivity index (χ4n) is 3.95. The van der Waals surface area contributed by atoms with E-state index in [2.05, 4.69) is 10.6 Å². The summed E-state index contributed by atoms with van der Waals surface area (Å²) in [6.45, 7) is 4.00. The average Bonchev–Trinajstić information content (AvgIpc) is 2.90. The highest BCUT2D eigenvalue weighted by atomic mass is 35.5. The fraction of sp³-hybridized carbons (Fsp3) is 0.579. The highest BCUT2D eigenvalue weighted by Crippen LogP contribution is 2.31. The highest BCUT2D eigenvalue weighted by Gasteiger charge is 2.44. The quantitative estimate of drug-likeness (QED) is 0.815. The maximum Gasteiger partial charge on any atom is 0.249 e. The van der Waals surface area contributed by atoms with Crippen LogP contribution in [0.2, 0.25) is 0 Å². The molecular formula is C19H28ClN3O3. The third kappa shape index (κ3) is 4.03. The standard InChI is InChI=1S/C19H27N3O3.ClH/c1-14-12-16(17(23)22(14)15-6-4-3-5-7-15)21-18(24)19(13-25-2)8-10-20-11-9-19;/h3-7,14,16,20H,8-13H2,1-2H3,(H,21,24);1H. The zero-order chi connectivity index (χ0) is 17.9. The van der Waals surface area contributed by atoms with E-state index in [-0.39, 0.29) is 30.3 Å². The minimum absolute atomic E-state index is 0. The van der Waals surface area contributed by atoms with E-state index >= 15 is 0 Å². The molecule has 2 N–H and O–H groups in total. The minimum atomic E-state index is -0.538. The summed E-state index contributed by atoms with van der Waals surface area (Å²) in [5.41, 5.74) is 0.342. The molecule has 2 fully saturated rings. The molecule has 2 heterocycles. The Morgan fingerprint density at radius 3 is 2.58 bits per heavy atom. The summed E-state index contributed by atoms with van der Waals surface area (Å²) in [6.07, 6.45) is 2.08. The van der Waals surface area contributed by atoms with Gasteiger partial charge >= 0.3 is 0 Å². The maximum absolute atomic E-state index is 13.0. The first kappa shape index (κ1) is 20.7. The van der Waals surface area contributed by atoms with Gasteiger partial charge in [-0.3, -0.25) is 9.59 Å². The normalized spacial score (nSPS) is 24.8. The fourth-order valence-corrected chi connectivity index (χ4v) is 3.95. The van der Waals surface area contributed by atoms with Gasteiger partial charge in [0.2, 0.25) is 11.8 Å². The van der Waals surface area contributed by atoms with E-state index in [9.17, 15) is 9.59 Å². The van der Waals surface area contributed by atoms with Crippen LogP contribution in [0, 0.1) is 5.41 Å². The topological polar surface area (TPSA) is 70.7 Å². The van der Waals surface area contributed by atoms with Crippen LogP contribution in [0.3, 0.4) is 0 Å². The number of ether oxygens (including phenoxy) is 1. The van der Waals surface area contributed by atoms with Crippen molar-refractivity contribution in [1.82, 2.24) is 10.6 Å². The van der Waals surface area contributed by atoms with Gasteiger partial charge in [0, 0.05) is 18.8 Å². The number of para-hydroxylation sites is 1. The van der Waals surface area contributed by atoms with E-state index in [0.29, 0.717) is 13.0 Å². The van der Waals surface area contributed by atoms with E-state index < -0.39 is 11.5 Å². The number of anilines is 1. The Morgan fingerprint density at radius 2 is 1.96 bits per heavy atom. The van der Waals surface area contributed by atoms with Gasteiger partial charge in [0.15, 0.2) is 0 Å². The monoisotopic (exact) mass is 381 g/mol. The van der Waals surface area contributed by atoms with Crippen LogP contribution in [0.4, 0.5) is 5.69 Å². The van der Waals surface area contributed by atoms with Crippen molar-refractivity contribution in [2.45, 2.75) is 38.3 Å². The van der Waals surface area contributed by atoms with Crippen molar-refractivity contribution in [3.05, 3.63) is 30.3 Å². The maximum atomic E-state index is 13.0. The van der Waals surface area contributed by atoms with Crippen LogP contribution in [-0.4, -0.2) is 50.7 Å². The molecule has 2 aliphatic rings. The molecule has 2 amide bonds. The largest absolute Gasteiger partial charge is 0.384 e. The number of carbonyl (C=O) groups is 2. The number of carbonyl (C=O) groups excluding carboxylic acids is 2. The van der Waals surface area contributed by atoms with Crippen molar-refractivity contribution in [3.63, 3.8) is 0 Å². The van der Waals surface area contributed by atoms with Crippen LogP contribution in [0.1, 0.15) is 26.2 Å². The Balaban J connectivity index is 0.00000243. The molecule has 26 heavy (non-hydrogen) atoms. The van der Waals surface area contributed by atoms with Crippen LogP contribution in [0.15, 0.2) is 30.3 Å². The summed E-state index contributed by atoms with van der Waals surface area (Å²) < 4.78 is 5.32. The summed E-state index contributed by atoms with van der Waals surface area (Å²) in [6, 6.07) is 9.22. The number of nitrogens with zero attached hydrogens (tertiary/aromatic N) is 1. The molecule has 2 atom stereocenters. The number of rotatable bonds is 5. The molecule has 2 saturated heterocycles. The van der Waals surface area contributed by atoms with Crippen molar-refractivity contribution >= 4 is 29.9 Å². The Bertz CT molecular complexity index is 614. The molecule has 0 bridgehead atoms. The SMILES string of the molecule is COCC1(C(=O)NC2CC(C)N(c3ccccc3)C2=O)CCNCC1.Cl. The molecule has 0 saturated carbocycles. The summed E-state index contributed by atoms with van der Waals surface area (Å²) in [7, 11) is 1.62. The van der Waals surface area contributed by atoms with E-state index in [1.807, 2.05) is 37.3 Å². The third-order valence-corrected chi connectivity index (χ3v) is 5.36. The Labute approximate surface area is 161 Å². The van der Waals surface area contributed by atoms with Crippen molar-refractivity contribution in [2.24, 2.45) is 5.41 Å². The lowest BCUT2D eigenvalue weighted by atomic mass is 9.78. The van der Waals surface area contributed by atoms with Gasteiger partial charge in [-0.1, -0.05) is 18.2 Å². The van der Waals surface area contributed by atoms with E-state index in [4.69, 9.17) is 4.74 Å². The zero-order valence-corrected chi connectivity index (χ0v) is 16.2. The Kier molecular flexibility index (Phi) is 7.03. The number of hydrogen-bond acceptors (Lipinski definition) is 4. The van der Waals surface area contributed by atoms with E-state index in [1.165, 1.54) is 0 Å². The summed E-state index contributed by atoms with van der Waals surface area (Å²) in [4.78, 5) is 27.6. The molecule has 0 aromatic heterocycles. The van der Waals surface area contributed by atoms with Crippen molar-refractivity contribution in [2.75, 3.05) is 31.7 Å². The predicted octanol–water partition coefficient (Wildman–Crippen LogP) is 1.73. The van der Waals surface area contributed by atoms with Crippen LogP contribution < -0.4 is 15.5 Å². The van der Waals surface area contributed by atoms with Gasteiger partial charge in [-0.15, -0.1) is 12.4 Å². The Hall–Kier alpha value is -1.63. The molecule has 7 heteroatoms. The van der Waals surface area contributed by atoms with Crippen LogP contribution >= 0.6 is 12.4 Å². The third-order valence-electron chi connectivity index (χ3n) is 5.36. The number of methoxy groups -OCH3 is 1. The van der Waals surface area contributed by atoms with Gasteiger partial charge in [0.25, 0.3) is 0 Å². The van der Waals surface area contributed by atoms with E-state index in [1.54, 1.807) is 12.0 Å². The summed E-state index contributed by atoms with van der Waals surface area (Å²) in [5.74, 6) is -0.0927. The molecule has 1 aromatic carbocycles. The molecule has 6 nitrogen and oxygen atoms in total. The lowest BCUT2D eigenvalue weighted by Gasteiger charge is -2.36. The molecule has 1 aromatic rings. The first-order chi connectivity index (χ1) is 12.1. The molecule has 0 radical (unpaired) electrons. The number of hydrogen-bond donors (Lipinski definition) is 2. The highest BCUT2D eigenvalue weighted by molar-refractivity contribution is 6.02. The molecule has 0 aliphatic carbocycles. The summed E-state index contributed by atoms with van der Waals surface area (Å²) >= 11 is 0. The number of halogens is 1. The lowest BCUT2D eigenvalue weighted by molar-refractivity contribution is -0.138. The smallest absolute Gasteiger partial charge is 0.249 e. The van der Waals surface area contributed by atoms with Crippen molar-refractivity contribution in [3.8, 4) is 0 Å². The molecule has 144 valence electrons. The first-order valence-corrected chi connectivity index (χ1v) is 8.96. The van der Waals surface area contributed by atoms with Gasteiger partial charge in [0.1, 0.15) is 6.04 Å². The number of nitrogens with one attached hydrogen (secondary N) is 2. The second-order valence-electron chi connectivity index (χ2n) is 7.12. The zero-order valence-electron chi connectivity index (χ0n) is 15.4. The molecular weight excluding hydrogens is 354 g/mol. The van der Waals surface area contributed by atoms with Gasteiger partial charge in [-0.25, -0.2) is 0 Å². The van der Waals surface area contributed by atoms with Gasteiger partial charge in [-0.05, 0) is 51.4 Å². The second-order valence-corrected chi connectivity index (χ2v) is 7.12. The number of piperidine rings is 1. The van der Waals surface area contributed by atoms with E-state index in [0.717, 1.165) is 31.6 Å². The minimum Gasteiger partial charge on any atom is -0.384 e. The van der Waals surface area contributed by atoms with Gasteiger partial charge < -0.3 is 20.3 Å². The number of benzene rings is 1. The van der Waals surface area contributed by atoms with Crippen LogP contribution in [0.5, 0.6) is 0 Å². The number of amides is 2. The summed E-state index contributed by atoms with van der Waals surface area (Å²) in [5, 5.41) is 6.30. The van der Waals surface area contributed by atoms with Crippen LogP contribution in [-0.2, 0) is 14.3 Å².